The first-order valence-electron chi connectivity index (χ1n) is 6.34. The molecule has 0 bridgehead atoms. The van der Waals surface area contributed by atoms with Crippen LogP contribution in [-0.4, -0.2) is 19.2 Å². The zero-order valence-corrected chi connectivity index (χ0v) is 13.3. The number of carbonyl (C=O) groups excluding carboxylic acids is 1. The second-order valence-electron chi connectivity index (χ2n) is 4.46. The van der Waals surface area contributed by atoms with Crippen molar-refractivity contribution in [1.29, 1.82) is 0 Å². The number of hydrogen-bond donors (Lipinski definition) is 1. The molecule has 108 valence electrons. The number of rotatable bonds is 4. The summed E-state index contributed by atoms with van der Waals surface area (Å²) in [5.41, 5.74) is 5.04. The monoisotopic (exact) mass is 346 g/mol. The van der Waals surface area contributed by atoms with Gasteiger partial charge in [0.05, 0.1) is 17.8 Å². The number of benzene rings is 2. The lowest BCUT2D eigenvalue weighted by molar-refractivity contribution is 0.0955. The van der Waals surface area contributed by atoms with Crippen molar-refractivity contribution >= 4 is 28.1 Å². The first-order chi connectivity index (χ1) is 10.1. The molecule has 0 fully saturated rings. The molecule has 2 rings (SSSR count). The molecule has 5 heteroatoms. The molecular formula is C16H15BrN2O2. The molecule has 2 aromatic rings. The molecule has 1 N–H and O–H groups in total. The van der Waals surface area contributed by atoms with Gasteiger partial charge in [0, 0.05) is 5.56 Å². The molecule has 0 spiro atoms. The third-order valence-electron chi connectivity index (χ3n) is 2.87. The number of halogens is 1. The fourth-order valence-corrected chi connectivity index (χ4v) is 2.26. The number of aryl methyl sites for hydroxylation is 1. The second-order valence-corrected chi connectivity index (χ2v) is 5.31. The highest BCUT2D eigenvalue weighted by atomic mass is 79.9. The van der Waals surface area contributed by atoms with Gasteiger partial charge in [-0.25, -0.2) is 5.43 Å². The maximum Gasteiger partial charge on any atom is 0.271 e. The summed E-state index contributed by atoms with van der Waals surface area (Å²) in [5.74, 6) is 0.509. The zero-order chi connectivity index (χ0) is 15.2. The fraction of sp³-hybridized carbons (Fsp3) is 0.125. The van der Waals surface area contributed by atoms with E-state index in [2.05, 4.69) is 26.5 Å². The van der Waals surface area contributed by atoms with Crippen molar-refractivity contribution < 1.29 is 9.53 Å². The summed E-state index contributed by atoms with van der Waals surface area (Å²) in [4.78, 5) is 11.9. The molecule has 0 aliphatic heterocycles. The Morgan fingerprint density at radius 1 is 1.24 bits per heavy atom. The molecule has 0 atom stereocenters. The summed E-state index contributed by atoms with van der Waals surface area (Å²) in [6.45, 7) is 1.97. The maximum atomic E-state index is 11.9. The minimum absolute atomic E-state index is 0.237. The third-order valence-corrected chi connectivity index (χ3v) is 3.49. The number of hydrazone groups is 1. The highest BCUT2D eigenvalue weighted by Gasteiger charge is 2.03. The van der Waals surface area contributed by atoms with Gasteiger partial charge in [0.15, 0.2) is 0 Å². The summed E-state index contributed by atoms with van der Waals surface area (Å²) < 4.78 is 5.98. The van der Waals surface area contributed by atoms with Crippen LogP contribution in [0.25, 0.3) is 0 Å². The minimum atomic E-state index is -0.237. The van der Waals surface area contributed by atoms with E-state index >= 15 is 0 Å². The average Bonchev–Trinajstić information content (AvgIpc) is 2.48. The number of carbonyl (C=O) groups is 1. The normalized spacial score (nSPS) is 10.6. The van der Waals surface area contributed by atoms with E-state index in [0.717, 1.165) is 21.3 Å². The van der Waals surface area contributed by atoms with Gasteiger partial charge in [0.2, 0.25) is 0 Å². The molecule has 1 amide bonds. The highest BCUT2D eigenvalue weighted by Crippen LogP contribution is 2.24. The van der Waals surface area contributed by atoms with Crippen LogP contribution in [0.4, 0.5) is 0 Å². The van der Waals surface area contributed by atoms with Crippen molar-refractivity contribution in [3.63, 3.8) is 0 Å². The Labute approximate surface area is 132 Å². The van der Waals surface area contributed by atoms with Gasteiger partial charge in [-0.2, -0.15) is 5.10 Å². The van der Waals surface area contributed by atoms with Gasteiger partial charge in [-0.3, -0.25) is 4.79 Å². The molecule has 21 heavy (non-hydrogen) atoms. The lowest BCUT2D eigenvalue weighted by Gasteiger charge is -2.03. The van der Waals surface area contributed by atoms with Gasteiger partial charge in [0.25, 0.3) is 5.91 Å². The molecular weight excluding hydrogens is 332 g/mol. The lowest BCUT2D eigenvalue weighted by Crippen LogP contribution is -2.17. The predicted octanol–water partition coefficient (Wildman–Crippen LogP) is 3.53. The molecule has 0 radical (unpaired) electrons. The summed E-state index contributed by atoms with van der Waals surface area (Å²) in [5, 5.41) is 3.95. The van der Waals surface area contributed by atoms with Gasteiger partial charge in [-0.1, -0.05) is 17.7 Å². The Bertz CT molecular complexity index is 666. The quantitative estimate of drug-likeness (QED) is 0.680. The number of nitrogens with one attached hydrogen (secondary N) is 1. The van der Waals surface area contributed by atoms with Crippen LogP contribution in [0.1, 0.15) is 21.5 Å². The van der Waals surface area contributed by atoms with Gasteiger partial charge in [-0.05, 0) is 58.7 Å². The molecule has 4 nitrogen and oxygen atoms in total. The van der Waals surface area contributed by atoms with E-state index in [1.165, 1.54) is 0 Å². The van der Waals surface area contributed by atoms with Crippen molar-refractivity contribution in [2.75, 3.05) is 7.11 Å². The first-order valence-corrected chi connectivity index (χ1v) is 7.13. The van der Waals surface area contributed by atoms with Crippen molar-refractivity contribution in [3.8, 4) is 5.75 Å². The Hall–Kier alpha value is -2.14. The predicted molar refractivity (Wildman–Crippen MR) is 86.9 cm³/mol. The van der Waals surface area contributed by atoms with Crippen LogP contribution in [0.3, 0.4) is 0 Å². The van der Waals surface area contributed by atoms with Crippen molar-refractivity contribution in [2.45, 2.75) is 6.92 Å². The van der Waals surface area contributed by atoms with E-state index < -0.39 is 0 Å². The molecule has 0 saturated carbocycles. The smallest absolute Gasteiger partial charge is 0.271 e. The number of methoxy groups -OCH3 is 1. The Morgan fingerprint density at radius 3 is 2.57 bits per heavy atom. The van der Waals surface area contributed by atoms with Crippen LogP contribution in [0, 0.1) is 6.92 Å². The van der Waals surface area contributed by atoms with Crippen molar-refractivity contribution in [2.24, 2.45) is 5.10 Å². The van der Waals surface area contributed by atoms with Crippen LogP contribution in [-0.2, 0) is 0 Å². The molecule has 2 aromatic carbocycles. The number of ether oxygens (including phenoxy) is 1. The van der Waals surface area contributed by atoms with E-state index in [0.29, 0.717) is 5.56 Å². The van der Waals surface area contributed by atoms with E-state index in [-0.39, 0.29) is 5.91 Å². The Morgan fingerprint density at radius 2 is 1.95 bits per heavy atom. The second kappa shape index (κ2) is 7.04. The molecule has 0 aliphatic rings. The average molecular weight is 347 g/mol. The Balaban J connectivity index is 2.00. The van der Waals surface area contributed by atoms with Crippen LogP contribution in [0.5, 0.6) is 5.75 Å². The highest BCUT2D eigenvalue weighted by molar-refractivity contribution is 9.10. The largest absolute Gasteiger partial charge is 0.496 e. The molecule has 0 unspecified atom stereocenters. The van der Waals surface area contributed by atoms with Crippen LogP contribution in [0.2, 0.25) is 0 Å². The number of amides is 1. The fourth-order valence-electron chi connectivity index (χ4n) is 1.70. The van der Waals surface area contributed by atoms with Gasteiger partial charge < -0.3 is 4.74 Å². The molecule has 0 saturated heterocycles. The standard InChI is InChI=1S/C16H15BrN2O2/c1-11-3-6-13(7-4-11)16(20)19-18-10-12-5-8-15(21-2)14(17)9-12/h3-10H,1-2H3,(H,19,20)/b18-10-. The third kappa shape index (κ3) is 4.16. The van der Waals surface area contributed by atoms with Crippen molar-refractivity contribution in [1.82, 2.24) is 5.43 Å². The van der Waals surface area contributed by atoms with Gasteiger partial charge in [0.1, 0.15) is 5.75 Å². The van der Waals surface area contributed by atoms with E-state index in [1.54, 1.807) is 25.5 Å². The van der Waals surface area contributed by atoms with Crippen LogP contribution in [0.15, 0.2) is 52.0 Å². The van der Waals surface area contributed by atoms with Gasteiger partial charge in [-0.15, -0.1) is 0 Å². The van der Waals surface area contributed by atoms with Crippen molar-refractivity contribution in [3.05, 3.63) is 63.6 Å². The number of hydrogen-bond acceptors (Lipinski definition) is 3. The maximum absolute atomic E-state index is 11.9. The molecule has 0 aliphatic carbocycles. The zero-order valence-electron chi connectivity index (χ0n) is 11.8. The van der Waals surface area contributed by atoms with Crippen LogP contribution >= 0.6 is 15.9 Å². The minimum Gasteiger partial charge on any atom is -0.496 e. The topological polar surface area (TPSA) is 50.7 Å². The van der Waals surface area contributed by atoms with E-state index in [9.17, 15) is 4.79 Å². The summed E-state index contributed by atoms with van der Waals surface area (Å²) in [6, 6.07) is 12.9. The SMILES string of the molecule is COc1ccc(/C=N\NC(=O)c2ccc(C)cc2)cc1Br. The van der Waals surface area contributed by atoms with E-state index in [4.69, 9.17) is 4.74 Å². The van der Waals surface area contributed by atoms with Crippen LogP contribution < -0.4 is 10.2 Å². The summed E-state index contributed by atoms with van der Waals surface area (Å²) >= 11 is 3.40. The summed E-state index contributed by atoms with van der Waals surface area (Å²) in [6.07, 6.45) is 1.58. The number of nitrogens with zero attached hydrogens (tertiary/aromatic N) is 1. The Kier molecular flexibility index (Phi) is 5.11. The van der Waals surface area contributed by atoms with E-state index in [1.807, 2.05) is 37.3 Å². The molecule has 0 heterocycles. The summed E-state index contributed by atoms with van der Waals surface area (Å²) in [7, 11) is 1.61. The lowest BCUT2D eigenvalue weighted by atomic mass is 10.1. The van der Waals surface area contributed by atoms with Gasteiger partial charge >= 0.3 is 0 Å². The molecule has 0 aromatic heterocycles. The first kappa shape index (κ1) is 15.3.